The van der Waals surface area contributed by atoms with Gasteiger partial charge in [-0.1, -0.05) is 18.2 Å². The highest BCUT2D eigenvalue weighted by Crippen LogP contribution is 2.39. The maximum atomic E-state index is 13.5. The Hall–Kier alpha value is -3.15. The van der Waals surface area contributed by atoms with Gasteiger partial charge in [0.25, 0.3) is 0 Å². The molecule has 6 nitrogen and oxygen atoms in total. The summed E-state index contributed by atoms with van der Waals surface area (Å²) in [4.78, 5) is 37.6. The SMILES string of the molecule is Cc1cc2c(cc1C)N(CC(=O)N1CCN(c3ccccc3)CC1)C(=O)C1CCCC1=N2. The molecule has 6 heteroatoms. The Kier molecular flexibility index (Phi) is 5.45. The van der Waals surface area contributed by atoms with Crippen LogP contribution in [-0.2, 0) is 9.59 Å². The van der Waals surface area contributed by atoms with Crippen LogP contribution in [0.1, 0.15) is 30.4 Å². The van der Waals surface area contributed by atoms with Gasteiger partial charge < -0.3 is 14.7 Å². The Labute approximate surface area is 189 Å². The molecule has 2 heterocycles. The molecule has 1 saturated heterocycles. The molecule has 2 aromatic rings. The van der Waals surface area contributed by atoms with E-state index in [1.807, 2.05) is 36.1 Å². The van der Waals surface area contributed by atoms with Crippen molar-refractivity contribution in [3.8, 4) is 0 Å². The highest BCUT2D eigenvalue weighted by Gasteiger charge is 2.38. The minimum atomic E-state index is -0.189. The van der Waals surface area contributed by atoms with E-state index in [1.165, 1.54) is 5.69 Å². The summed E-state index contributed by atoms with van der Waals surface area (Å²) >= 11 is 0. The highest BCUT2D eigenvalue weighted by molar-refractivity contribution is 6.16. The Morgan fingerprint density at radius 2 is 1.75 bits per heavy atom. The van der Waals surface area contributed by atoms with E-state index >= 15 is 0 Å². The van der Waals surface area contributed by atoms with Gasteiger partial charge in [0, 0.05) is 37.6 Å². The van der Waals surface area contributed by atoms with Crippen molar-refractivity contribution >= 4 is 34.6 Å². The van der Waals surface area contributed by atoms with Crippen LogP contribution in [0, 0.1) is 19.8 Å². The lowest BCUT2D eigenvalue weighted by atomic mass is 10.0. The van der Waals surface area contributed by atoms with Crippen molar-refractivity contribution in [3.05, 3.63) is 53.6 Å². The van der Waals surface area contributed by atoms with Gasteiger partial charge in [0.1, 0.15) is 6.54 Å². The summed E-state index contributed by atoms with van der Waals surface area (Å²) < 4.78 is 0. The molecule has 0 aromatic heterocycles. The molecule has 0 bridgehead atoms. The van der Waals surface area contributed by atoms with Crippen molar-refractivity contribution in [2.45, 2.75) is 33.1 Å². The number of hydrogen-bond donors (Lipinski definition) is 0. The molecule has 0 radical (unpaired) electrons. The lowest BCUT2D eigenvalue weighted by Gasteiger charge is -2.37. The third-order valence-electron chi connectivity index (χ3n) is 7.08. The number of aliphatic imine (C=N–C) groups is 1. The van der Waals surface area contributed by atoms with Gasteiger partial charge in [-0.2, -0.15) is 0 Å². The zero-order valence-corrected chi connectivity index (χ0v) is 18.9. The molecule has 5 rings (SSSR count). The van der Waals surface area contributed by atoms with E-state index in [4.69, 9.17) is 4.99 Å². The lowest BCUT2D eigenvalue weighted by Crippen LogP contribution is -2.52. The number of carbonyl (C=O) groups excluding carboxylic acids is 2. The van der Waals surface area contributed by atoms with E-state index < -0.39 is 0 Å². The second-order valence-corrected chi connectivity index (χ2v) is 9.10. The van der Waals surface area contributed by atoms with Crippen molar-refractivity contribution < 1.29 is 9.59 Å². The molecule has 1 saturated carbocycles. The average molecular weight is 431 g/mol. The number of carbonyl (C=O) groups is 2. The second-order valence-electron chi connectivity index (χ2n) is 9.10. The highest BCUT2D eigenvalue weighted by atomic mass is 16.2. The van der Waals surface area contributed by atoms with E-state index in [0.717, 1.165) is 60.6 Å². The standard InChI is InChI=1S/C26H30N4O2/c1-18-15-23-24(16-19(18)2)30(26(32)21-9-6-10-22(21)27-23)17-25(31)29-13-11-28(12-14-29)20-7-4-3-5-8-20/h3-5,7-8,15-16,21H,6,9-14,17H2,1-2H3. The summed E-state index contributed by atoms with van der Waals surface area (Å²) in [6.07, 6.45) is 2.68. The summed E-state index contributed by atoms with van der Waals surface area (Å²) in [6.45, 7) is 7.13. The van der Waals surface area contributed by atoms with Crippen LogP contribution >= 0.6 is 0 Å². The van der Waals surface area contributed by atoms with Gasteiger partial charge in [-0.15, -0.1) is 0 Å². The molecule has 2 fully saturated rings. The molecule has 2 aliphatic heterocycles. The Morgan fingerprint density at radius 3 is 2.50 bits per heavy atom. The van der Waals surface area contributed by atoms with Crippen LogP contribution in [0.25, 0.3) is 0 Å². The van der Waals surface area contributed by atoms with E-state index in [0.29, 0.717) is 13.1 Å². The van der Waals surface area contributed by atoms with Crippen LogP contribution in [-0.4, -0.2) is 55.1 Å². The van der Waals surface area contributed by atoms with Crippen LogP contribution in [0.3, 0.4) is 0 Å². The van der Waals surface area contributed by atoms with Gasteiger partial charge in [0.15, 0.2) is 0 Å². The second kappa shape index (κ2) is 8.41. The molecule has 0 N–H and O–H groups in total. The average Bonchev–Trinajstić information content (AvgIpc) is 3.25. The molecule has 0 spiro atoms. The number of para-hydroxylation sites is 1. The summed E-state index contributed by atoms with van der Waals surface area (Å²) in [5.41, 5.74) is 6.02. The molecular weight excluding hydrogens is 400 g/mol. The van der Waals surface area contributed by atoms with E-state index in [2.05, 4.69) is 30.0 Å². The van der Waals surface area contributed by atoms with Crippen LogP contribution < -0.4 is 9.80 Å². The largest absolute Gasteiger partial charge is 0.368 e. The maximum Gasteiger partial charge on any atom is 0.242 e. The van der Waals surface area contributed by atoms with Gasteiger partial charge in [0.05, 0.1) is 17.3 Å². The van der Waals surface area contributed by atoms with Gasteiger partial charge in [0.2, 0.25) is 11.8 Å². The van der Waals surface area contributed by atoms with Crippen molar-refractivity contribution in [2.75, 3.05) is 42.5 Å². The maximum absolute atomic E-state index is 13.5. The van der Waals surface area contributed by atoms with E-state index in [9.17, 15) is 9.59 Å². The molecule has 1 atom stereocenters. The Morgan fingerprint density at radius 1 is 1.03 bits per heavy atom. The topological polar surface area (TPSA) is 56.2 Å². The number of hydrogen-bond acceptors (Lipinski definition) is 4. The molecule has 3 aliphatic rings. The predicted octanol–water partition coefficient (Wildman–Crippen LogP) is 3.87. The predicted molar refractivity (Wildman–Crippen MR) is 128 cm³/mol. The third-order valence-corrected chi connectivity index (χ3v) is 7.08. The molecular formula is C26H30N4O2. The number of anilines is 2. The summed E-state index contributed by atoms with van der Waals surface area (Å²) in [6, 6.07) is 14.4. The first-order chi connectivity index (χ1) is 15.5. The molecule has 2 amide bonds. The summed E-state index contributed by atoms with van der Waals surface area (Å²) in [5.74, 6) is -0.151. The first-order valence-electron chi connectivity index (χ1n) is 11.6. The van der Waals surface area contributed by atoms with E-state index in [1.54, 1.807) is 4.90 Å². The van der Waals surface area contributed by atoms with Gasteiger partial charge >= 0.3 is 0 Å². The first kappa shape index (κ1) is 20.7. The zero-order valence-electron chi connectivity index (χ0n) is 18.9. The Bertz CT molecular complexity index is 1070. The number of amides is 2. The van der Waals surface area contributed by atoms with Crippen molar-refractivity contribution in [2.24, 2.45) is 10.9 Å². The molecule has 1 unspecified atom stereocenters. The van der Waals surface area contributed by atoms with Crippen molar-refractivity contribution in [1.82, 2.24) is 4.90 Å². The fraction of sp³-hybridized carbons (Fsp3) is 0.423. The van der Waals surface area contributed by atoms with E-state index in [-0.39, 0.29) is 24.3 Å². The van der Waals surface area contributed by atoms with Crippen LogP contribution in [0.2, 0.25) is 0 Å². The van der Waals surface area contributed by atoms with Gasteiger partial charge in [-0.25, -0.2) is 0 Å². The smallest absolute Gasteiger partial charge is 0.242 e. The van der Waals surface area contributed by atoms with Crippen LogP contribution in [0.4, 0.5) is 17.1 Å². The fourth-order valence-electron chi connectivity index (χ4n) is 5.03. The third kappa shape index (κ3) is 3.78. The number of aryl methyl sites for hydroxylation is 2. The van der Waals surface area contributed by atoms with Crippen LogP contribution in [0.5, 0.6) is 0 Å². The number of nitrogens with zero attached hydrogens (tertiary/aromatic N) is 4. The van der Waals surface area contributed by atoms with Crippen LogP contribution in [0.15, 0.2) is 47.5 Å². The minimum absolute atomic E-state index is 0.0108. The monoisotopic (exact) mass is 430 g/mol. The molecule has 1 aliphatic carbocycles. The van der Waals surface area contributed by atoms with Gasteiger partial charge in [-0.05, 0) is 68.5 Å². The molecule has 166 valence electrons. The number of fused-ring (bicyclic) bond motifs is 2. The van der Waals surface area contributed by atoms with Gasteiger partial charge in [-0.3, -0.25) is 14.6 Å². The quantitative estimate of drug-likeness (QED) is 0.743. The summed E-state index contributed by atoms with van der Waals surface area (Å²) in [7, 11) is 0. The lowest BCUT2D eigenvalue weighted by molar-refractivity contribution is -0.132. The van der Waals surface area contributed by atoms with Crippen molar-refractivity contribution in [3.63, 3.8) is 0 Å². The first-order valence-corrected chi connectivity index (χ1v) is 11.6. The number of benzene rings is 2. The molecule has 2 aromatic carbocycles. The number of piperazine rings is 1. The Balaban J connectivity index is 1.35. The fourth-order valence-corrected chi connectivity index (χ4v) is 5.03. The minimum Gasteiger partial charge on any atom is -0.368 e. The molecule has 32 heavy (non-hydrogen) atoms. The number of rotatable bonds is 3. The van der Waals surface area contributed by atoms with Crippen molar-refractivity contribution in [1.29, 1.82) is 0 Å². The normalized spacial score (nSPS) is 20.6. The summed E-state index contributed by atoms with van der Waals surface area (Å²) in [5, 5.41) is 0. The zero-order chi connectivity index (χ0) is 22.2.